The molecule has 0 aromatic heterocycles. The van der Waals surface area contributed by atoms with Gasteiger partial charge in [-0.1, -0.05) is 0 Å². The Hall–Kier alpha value is 1.71. The fraction of sp³-hybridized carbons (Fsp3) is 0. The van der Waals surface area contributed by atoms with E-state index in [2.05, 4.69) is 0 Å². The second-order valence-electron chi connectivity index (χ2n) is 1.22. The fourth-order valence-electron chi connectivity index (χ4n) is 0. The predicted octanol–water partition coefficient (Wildman–Crippen LogP) is -4.78. The van der Waals surface area contributed by atoms with Crippen molar-refractivity contribution in [2.75, 3.05) is 0 Å². The maximum atomic E-state index is 8.52. The summed E-state index contributed by atoms with van der Waals surface area (Å²) in [6.07, 6.45) is 0. The first-order valence-corrected chi connectivity index (χ1v) is 6.00. The first kappa shape index (κ1) is 42.8. The molecule has 0 N–H and O–H groups in total. The zero-order valence-corrected chi connectivity index (χ0v) is 15.0. The van der Waals surface area contributed by atoms with E-state index in [4.69, 9.17) is 52.6 Å². The third-order valence-electron chi connectivity index (χ3n) is 0. The van der Waals surface area contributed by atoms with Crippen molar-refractivity contribution in [3.63, 3.8) is 0 Å². The third-order valence-corrected chi connectivity index (χ3v) is 0. The molecular weight excluding hydrogens is 454 g/mol. The van der Waals surface area contributed by atoms with Crippen LogP contribution in [0.3, 0.4) is 0 Å². The molecule has 0 aliphatic rings. The summed E-state index contributed by atoms with van der Waals surface area (Å²) in [5, 5.41) is 0. The zero-order chi connectivity index (χ0) is 13.5. The molecule has 0 saturated heterocycles. The van der Waals surface area contributed by atoms with Gasteiger partial charge in [-0.2, -0.15) is 0 Å². The summed E-state index contributed by atoms with van der Waals surface area (Å²) in [6.45, 7) is 0. The summed E-state index contributed by atoms with van der Waals surface area (Å²) >= 11 is 0. The SMILES string of the molecule is O=S(=O)([O-])[O-].O=S(=O)([O-])[O-].O=S(=O)([O-])[O-].[Al+3].[Al+3].[Fe].[Fe]. The molecule has 0 aromatic carbocycles. The minimum Gasteiger partial charge on any atom is -0.759 e. The van der Waals surface area contributed by atoms with Crippen molar-refractivity contribution >= 4 is 65.9 Å². The van der Waals surface area contributed by atoms with Crippen molar-refractivity contribution < 1.29 is 86.7 Å². The Morgan fingerprint density at radius 2 is 0.421 bits per heavy atom. The molecule has 19 heteroatoms. The van der Waals surface area contributed by atoms with E-state index in [0.717, 1.165) is 0 Å². The molecule has 0 unspecified atom stereocenters. The summed E-state index contributed by atoms with van der Waals surface area (Å²) < 4.78 is 102. The molecule has 112 valence electrons. The van der Waals surface area contributed by atoms with Crippen LogP contribution in [0.2, 0.25) is 0 Å². The second-order valence-corrected chi connectivity index (χ2v) is 3.67. The fourth-order valence-corrected chi connectivity index (χ4v) is 0. The Bertz CT molecular complexity index is 350. The van der Waals surface area contributed by atoms with E-state index < -0.39 is 31.2 Å². The van der Waals surface area contributed by atoms with E-state index in [1.807, 2.05) is 0 Å². The maximum absolute atomic E-state index is 8.52. The quantitative estimate of drug-likeness (QED) is 0.190. The Labute approximate surface area is 151 Å². The van der Waals surface area contributed by atoms with E-state index in [0.29, 0.717) is 0 Å². The van der Waals surface area contributed by atoms with Crippen molar-refractivity contribution in [1.82, 2.24) is 0 Å². The van der Waals surface area contributed by atoms with Gasteiger partial charge in [0.15, 0.2) is 0 Å². The van der Waals surface area contributed by atoms with Gasteiger partial charge in [-0.3, -0.25) is 25.3 Å². The van der Waals surface area contributed by atoms with Crippen LogP contribution >= 0.6 is 0 Å². The Kier molecular flexibility index (Phi) is 40.0. The molecule has 0 rings (SSSR count). The van der Waals surface area contributed by atoms with Gasteiger partial charge in [0.1, 0.15) is 0 Å². The topological polar surface area (TPSA) is 241 Å². The van der Waals surface area contributed by atoms with Gasteiger partial charge in [0.25, 0.3) is 0 Å². The van der Waals surface area contributed by atoms with Crippen molar-refractivity contribution in [3.8, 4) is 0 Å². The van der Waals surface area contributed by atoms with Gasteiger partial charge in [0, 0.05) is 65.3 Å². The normalized spacial score (nSPS) is 9.16. The van der Waals surface area contributed by atoms with Crippen LogP contribution in [0.4, 0.5) is 0 Å². The molecule has 0 spiro atoms. The Morgan fingerprint density at radius 1 is 0.421 bits per heavy atom. The van der Waals surface area contributed by atoms with Gasteiger partial charge in [-0.25, -0.2) is 0 Å². The van der Waals surface area contributed by atoms with Crippen LogP contribution < -0.4 is 0 Å². The van der Waals surface area contributed by atoms with Gasteiger partial charge in [0.2, 0.25) is 0 Å². The molecule has 0 aliphatic carbocycles. The summed E-state index contributed by atoms with van der Waals surface area (Å²) in [5.41, 5.74) is 0. The van der Waals surface area contributed by atoms with E-state index in [9.17, 15) is 0 Å². The van der Waals surface area contributed by atoms with Crippen LogP contribution in [0.1, 0.15) is 0 Å². The number of hydrogen-bond acceptors (Lipinski definition) is 12. The van der Waals surface area contributed by atoms with Gasteiger partial charge in [0.05, 0.1) is 0 Å². The molecule has 0 fully saturated rings. The molecule has 0 heterocycles. The number of rotatable bonds is 0. The van der Waals surface area contributed by atoms with Crippen molar-refractivity contribution in [1.29, 1.82) is 0 Å². The second kappa shape index (κ2) is 17.8. The molecule has 0 saturated carbocycles. The average molecular weight is 454 g/mol. The summed E-state index contributed by atoms with van der Waals surface area (Å²) in [4.78, 5) is 0. The monoisotopic (exact) mass is 454 g/mol. The first-order chi connectivity index (χ1) is 6.00. The number of hydrogen-bond donors (Lipinski definition) is 0. The standard InChI is InChI=1S/2Al.2Fe.3H2O4S/c;;;;3*1-5(2,3)4/h;;;;3*(H2,1,2,3,4)/q2*+3;;;;;/p-6. The van der Waals surface area contributed by atoms with Gasteiger partial charge >= 0.3 is 34.7 Å². The Balaban J connectivity index is -0.0000000206. The van der Waals surface area contributed by atoms with Gasteiger partial charge in [-0.15, -0.1) is 0 Å². The van der Waals surface area contributed by atoms with Gasteiger partial charge < -0.3 is 27.3 Å². The summed E-state index contributed by atoms with van der Waals surface area (Å²) in [5.74, 6) is 0. The summed E-state index contributed by atoms with van der Waals surface area (Å²) in [7, 11) is -15.5. The van der Waals surface area contributed by atoms with Gasteiger partial charge in [-0.05, 0) is 0 Å². The molecule has 0 amide bonds. The zero-order valence-electron chi connectivity index (χ0n) is 7.99. The van der Waals surface area contributed by atoms with Crippen molar-refractivity contribution in [2.24, 2.45) is 0 Å². The van der Waals surface area contributed by atoms with E-state index in [1.165, 1.54) is 0 Å². The van der Waals surface area contributed by atoms with Crippen LogP contribution in [-0.4, -0.2) is 87.3 Å². The average Bonchev–Trinajstić information content (AvgIpc) is 1.41. The smallest absolute Gasteiger partial charge is 0.759 e. The van der Waals surface area contributed by atoms with E-state index >= 15 is 0 Å². The maximum Gasteiger partial charge on any atom is 3.00 e. The molecule has 0 bridgehead atoms. The predicted molar refractivity (Wildman–Crippen MR) is 42.9 cm³/mol. The molecule has 0 radical (unpaired) electrons. The molecule has 12 nitrogen and oxygen atoms in total. The van der Waals surface area contributed by atoms with E-state index in [1.54, 1.807) is 0 Å². The molecule has 0 aliphatic heterocycles. The first-order valence-electron chi connectivity index (χ1n) is 2.00. The van der Waals surface area contributed by atoms with Crippen LogP contribution in [0, 0.1) is 0 Å². The Morgan fingerprint density at radius 3 is 0.421 bits per heavy atom. The molecule has 0 atom stereocenters. The largest absolute Gasteiger partial charge is 3.00 e. The van der Waals surface area contributed by atoms with Crippen molar-refractivity contribution in [3.05, 3.63) is 0 Å². The van der Waals surface area contributed by atoms with Crippen molar-refractivity contribution in [2.45, 2.75) is 0 Å². The van der Waals surface area contributed by atoms with Crippen LogP contribution in [-0.2, 0) is 65.3 Å². The molecule has 19 heavy (non-hydrogen) atoms. The van der Waals surface area contributed by atoms with Crippen LogP contribution in [0.25, 0.3) is 0 Å². The van der Waals surface area contributed by atoms with Crippen LogP contribution in [0.5, 0.6) is 0 Å². The van der Waals surface area contributed by atoms with Crippen LogP contribution in [0.15, 0.2) is 0 Å². The molecule has 0 aromatic rings. The molecular formula is Al2Fe2O12S3. The minimum absolute atomic E-state index is 0. The minimum atomic E-state index is -5.17. The summed E-state index contributed by atoms with van der Waals surface area (Å²) in [6, 6.07) is 0. The third kappa shape index (κ3) is 2110. The van der Waals surface area contributed by atoms with E-state index in [-0.39, 0.29) is 68.9 Å².